The van der Waals surface area contributed by atoms with Gasteiger partial charge in [-0.15, -0.1) is 11.6 Å². The lowest BCUT2D eigenvalue weighted by Gasteiger charge is -2.59. The molecule has 4 aliphatic carbocycles. The third-order valence-electron chi connectivity index (χ3n) is 8.01. The van der Waals surface area contributed by atoms with Gasteiger partial charge in [-0.25, -0.2) is 0 Å². The number of hydrogen-bond donors (Lipinski definition) is 2. The van der Waals surface area contributed by atoms with E-state index in [4.69, 9.17) is 11.6 Å². The van der Waals surface area contributed by atoms with E-state index >= 15 is 0 Å². The van der Waals surface area contributed by atoms with Gasteiger partial charge in [0, 0.05) is 0 Å². The number of fused-ring (bicyclic) bond motifs is 5. The zero-order valence-corrected chi connectivity index (χ0v) is 14.5. The monoisotopic (exact) mass is 324 g/mol. The molecule has 22 heavy (non-hydrogen) atoms. The molecular formula is C19H29ClO2. The number of halogens is 1. The van der Waals surface area contributed by atoms with Crippen LogP contribution in [0.25, 0.3) is 0 Å². The van der Waals surface area contributed by atoms with Gasteiger partial charge in [-0.1, -0.05) is 19.9 Å². The predicted octanol–water partition coefficient (Wildman–Crippen LogP) is 3.89. The fourth-order valence-corrected chi connectivity index (χ4v) is 7.21. The largest absolute Gasteiger partial charge is 0.393 e. The molecule has 0 heterocycles. The third-order valence-corrected chi connectivity index (χ3v) is 8.43. The summed E-state index contributed by atoms with van der Waals surface area (Å²) in [5, 5.41) is 20.6. The van der Waals surface area contributed by atoms with Gasteiger partial charge in [-0.2, -0.15) is 0 Å². The van der Waals surface area contributed by atoms with E-state index in [1.54, 1.807) is 0 Å². The molecule has 0 bridgehead atoms. The van der Waals surface area contributed by atoms with E-state index in [1.165, 1.54) is 18.4 Å². The van der Waals surface area contributed by atoms with Crippen LogP contribution in [0.5, 0.6) is 0 Å². The van der Waals surface area contributed by atoms with E-state index in [2.05, 4.69) is 19.9 Å². The molecule has 3 fully saturated rings. The van der Waals surface area contributed by atoms with Gasteiger partial charge in [0.2, 0.25) is 0 Å². The number of allylic oxidation sites excluding steroid dienone is 1. The van der Waals surface area contributed by atoms with Crippen LogP contribution < -0.4 is 0 Å². The first-order valence-corrected chi connectivity index (χ1v) is 9.52. The molecule has 0 amide bonds. The van der Waals surface area contributed by atoms with Crippen molar-refractivity contribution in [3.8, 4) is 0 Å². The third kappa shape index (κ3) is 1.93. The van der Waals surface area contributed by atoms with Gasteiger partial charge >= 0.3 is 0 Å². The number of alkyl halides is 1. The zero-order valence-electron chi connectivity index (χ0n) is 13.8. The number of aliphatic hydroxyl groups is 2. The molecule has 0 unspecified atom stereocenters. The summed E-state index contributed by atoms with van der Waals surface area (Å²) in [6.45, 7) is 4.71. The second-order valence-electron chi connectivity index (χ2n) is 8.86. The highest BCUT2D eigenvalue weighted by Gasteiger charge is 2.60. The van der Waals surface area contributed by atoms with Gasteiger partial charge in [0.15, 0.2) is 0 Å². The standard InChI is InChI=1S/C19H29ClO2/c1-18-7-5-11(21)9-15(18)16(20)10-12-13-3-4-17(22)19(13,2)8-6-14(12)18/h9,11-14,16-17,21-22H,3-8,10H2,1-2H3/t11-,12-,13-,14-,16+,17-,18+,19-/m0/s1. The van der Waals surface area contributed by atoms with Crippen LogP contribution in [0.2, 0.25) is 0 Å². The maximum absolute atomic E-state index is 10.5. The quantitative estimate of drug-likeness (QED) is 0.524. The summed E-state index contributed by atoms with van der Waals surface area (Å²) in [6, 6.07) is 0. The minimum Gasteiger partial charge on any atom is -0.393 e. The van der Waals surface area contributed by atoms with Crippen molar-refractivity contribution in [3.05, 3.63) is 11.6 Å². The molecule has 3 heteroatoms. The predicted molar refractivity (Wildman–Crippen MR) is 88.7 cm³/mol. The van der Waals surface area contributed by atoms with E-state index in [9.17, 15) is 10.2 Å². The Balaban J connectivity index is 1.71. The molecule has 2 N–H and O–H groups in total. The molecular weight excluding hydrogens is 296 g/mol. The summed E-state index contributed by atoms with van der Waals surface area (Å²) in [4.78, 5) is 0. The minimum atomic E-state index is -0.303. The molecule has 0 aromatic rings. The molecule has 0 saturated heterocycles. The fraction of sp³-hybridized carbons (Fsp3) is 0.895. The highest BCUT2D eigenvalue weighted by molar-refractivity contribution is 6.22. The van der Waals surface area contributed by atoms with Gasteiger partial charge in [0.1, 0.15) is 0 Å². The Bertz CT molecular complexity index is 504. The first-order chi connectivity index (χ1) is 10.4. The van der Waals surface area contributed by atoms with Crippen molar-refractivity contribution in [2.45, 2.75) is 76.4 Å². The molecule has 3 saturated carbocycles. The molecule has 4 aliphatic rings. The second kappa shape index (κ2) is 4.97. The van der Waals surface area contributed by atoms with E-state index in [0.29, 0.717) is 17.8 Å². The van der Waals surface area contributed by atoms with Crippen molar-refractivity contribution in [1.82, 2.24) is 0 Å². The van der Waals surface area contributed by atoms with E-state index in [0.717, 1.165) is 32.1 Å². The topological polar surface area (TPSA) is 40.5 Å². The SMILES string of the molecule is C[C@]12CC[C@H]3[C@@H](C[C@@H](Cl)C4=C[C@@H](O)CC[C@@]43C)[C@@H]1CC[C@@H]2O. The van der Waals surface area contributed by atoms with Crippen LogP contribution >= 0.6 is 11.6 Å². The molecule has 0 aromatic carbocycles. The maximum Gasteiger partial charge on any atom is 0.0724 e. The van der Waals surface area contributed by atoms with Crippen LogP contribution in [-0.4, -0.2) is 27.8 Å². The molecule has 0 radical (unpaired) electrons. The van der Waals surface area contributed by atoms with Gasteiger partial charge in [-0.05, 0) is 79.1 Å². The lowest BCUT2D eigenvalue weighted by molar-refractivity contribution is -0.0754. The van der Waals surface area contributed by atoms with Gasteiger partial charge < -0.3 is 10.2 Å². The summed E-state index contributed by atoms with van der Waals surface area (Å²) < 4.78 is 0. The second-order valence-corrected chi connectivity index (χ2v) is 9.39. The van der Waals surface area contributed by atoms with Crippen LogP contribution in [0, 0.1) is 28.6 Å². The van der Waals surface area contributed by atoms with Gasteiger partial charge in [0.05, 0.1) is 17.6 Å². The smallest absolute Gasteiger partial charge is 0.0724 e. The Kier molecular flexibility index (Phi) is 3.50. The highest BCUT2D eigenvalue weighted by Crippen LogP contribution is 2.65. The van der Waals surface area contributed by atoms with Crippen LogP contribution in [0.1, 0.15) is 58.8 Å². The summed E-state index contributed by atoms with van der Waals surface area (Å²) in [5.74, 6) is 1.97. The van der Waals surface area contributed by atoms with Crippen molar-refractivity contribution < 1.29 is 10.2 Å². The van der Waals surface area contributed by atoms with Gasteiger partial charge in [-0.3, -0.25) is 0 Å². The Hall–Kier alpha value is -0.0500. The Labute approximate surface area is 138 Å². The number of rotatable bonds is 0. The van der Waals surface area contributed by atoms with Crippen LogP contribution in [0.4, 0.5) is 0 Å². The first-order valence-electron chi connectivity index (χ1n) is 9.08. The maximum atomic E-state index is 10.5. The van der Waals surface area contributed by atoms with Crippen molar-refractivity contribution in [3.63, 3.8) is 0 Å². The minimum absolute atomic E-state index is 0.0706. The van der Waals surface area contributed by atoms with Crippen molar-refractivity contribution in [1.29, 1.82) is 0 Å². The Morgan fingerprint density at radius 1 is 1.05 bits per heavy atom. The fourth-order valence-electron chi connectivity index (χ4n) is 6.68. The highest BCUT2D eigenvalue weighted by atomic mass is 35.5. The average Bonchev–Trinajstić information content (AvgIpc) is 2.77. The lowest BCUT2D eigenvalue weighted by Crippen LogP contribution is -2.53. The molecule has 124 valence electrons. The summed E-state index contributed by atoms with van der Waals surface area (Å²) in [7, 11) is 0. The Morgan fingerprint density at radius 3 is 2.59 bits per heavy atom. The summed E-state index contributed by atoms with van der Waals surface area (Å²) in [6.07, 6.45) is 9.11. The summed E-state index contributed by atoms with van der Waals surface area (Å²) in [5.41, 5.74) is 1.60. The number of hydrogen-bond acceptors (Lipinski definition) is 2. The molecule has 0 aromatic heterocycles. The number of aliphatic hydroxyl groups excluding tert-OH is 2. The molecule has 2 nitrogen and oxygen atoms in total. The molecule has 0 aliphatic heterocycles. The van der Waals surface area contributed by atoms with Crippen molar-refractivity contribution >= 4 is 11.6 Å². The van der Waals surface area contributed by atoms with Crippen molar-refractivity contribution in [2.75, 3.05) is 0 Å². The lowest BCUT2D eigenvalue weighted by atomic mass is 9.47. The van der Waals surface area contributed by atoms with Crippen LogP contribution in [0.3, 0.4) is 0 Å². The van der Waals surface area contributed by atoms with E-state index in [-0.39, 0.29) is 28.4 Å². The van der Waals surface area contributed by atoms with Crippen LogP contribution in [0.15, 0.2) is 11.6 Å². The van der Waals surface area contributed by atoms with Crippen molar-refractivity contribution in [2.24, 2.45) is 28.6 Å². The average molecular weight is 325 g/mol. The molecule has 8 atom stereocenters. The molecule has 4 rings (SSSR count). The Morgan fingerprint density at radius 2 is 1.82 bits per heavy atom. The zero-order chi connectivity index (χ0) is 15.7. The first kappa shape index (κ1) is 15.5. The van der Waals surface area contributed by atoms with Crippen LogP contribution in [-0.2, 0) is 0 Å². The van der Waals surface area contributed by atoms with E-state index in [1.807, 2.05) is 0 Å². The summed E-state index contributed by atoms with van der Waals surface area (Å²) >= 11 is 6.80. The normalized spacial score (nSPS) is 57.6. The van der Waals surface area contributed by atoms with Gasteiger partial charge in [0.25, 0.3) is 0 Å². The molecule has 0 spiro atoms. The van der Waals surface area contributed by atoms with E-state index < -0.39 is 0 Å².